The minimum absolute atomic E-state index is 0.105. The number of hydrogen-bond donors (Lipinski definition) is 1. The van der Waals surface area contributed by atoms with E-state index in [4.69, 9.17) is 4.74 Å². The number of benzene rings is 3. The van der Waals surface area contributed by atoms with Crippen molar-refractivity contribution in [2.24, 2.45) is 0 Å². The van der Waals surface area contributed by atoms with Gasteiger partial charge in [0.2, 0.25) is 15.9 Å². The van der Waals surface area contributed by atoms with E-state index >= 15 is 0 Å². The molecule has 1 amide bonds. The van der Waals surface area contributed by atoms with Crippen LogP contribution in [0.4, 0.5) is 5.69 Å². The normalized spacial score (nSPS) is 11.5. The molecule has 1 N–H and O–H groups in total. The molecule has 0 aliphatic carbocycles. The first kappa shape index (κ1) is 23.5. The maximum Gasteiger partial charge on any atom is 0.243 e. The Labute approximate surface area is 189 Å². The molecule has 6 nitrogen and oxygen atoms in total. The summed E-state index contributed by atoms with van der Waals surface area (Å²) in [4.78, 5) is 13.6. The Morgan fingerprint density at radius 3 is 1.91 bits per heavy atom. The zero-order chi connectivity index (χ0) is 23.1. The van der Waals surface area contributed by atoms with Gasteiger partial charge in [-0.25, -0.2) is 8.42 Å². The van der Waals surface area contributed by atoms with Gasteiger partial charge in [-0.1, -0.05) is 74.5 Å². The lowest BCUT2D eigenvalue weighted by Gasteiger charge is -2.21. The monoisotopic (exact) mass is 452 g/mol. The van der Waals surface area contributed by atoms with Gasteiger partial charge < -0.3 is 10.1 Å². The highest BCUT2D eigenvalue weighted by Gasteiger charge is 2.26. The second kappa shape index (κ2) is 10.4. The number of hydrogen-bond acceptors (Lipinski definition) is 4. The second-order valence-electron chi connectivity index (χ2n) is 7.20. The van der Waals surface area contributed by atoms with Crippen LogP contribution in [0.2, 0.25) is 0 Å². The van der Waals surface area contributed by atoms with Crippen molar-refractivity contribution in [1.29, 1.82) is 0 Å². The first-order valence-electron chi connectivity index (χ1n) is 10.5. The molecule has 0 saturated carbocycles. The number of anilines is 1. The van der Waals surface area contributed by atoms with E-state index < -0.39 is 15.9 Å². The van der Waals surface area contributed by atoms with Gasteiger partial charge in [0.15, 0.2) is 0 Å². The summed E-state index contributed by atoms with van der Waals surface area (Å²) >= 11 is 0. The molecule has 0 saturated heterocycles. The highest BCUT2D eigenvalue weighted by atomic mass is 32.2. The fourth-order valence-electron chi connectivity index (χ4n) is 3.65. The van der Waals surface area contributed by atoms with Gasteiger partial charge in [-0.15, -0.1) is 0 Å². The first-order valence-corrected chi connectivity index (χ1v) is 11.9. The number of nitrogens with zero attached hydrogens (tertiary/aromatic N) is 1. The zero-order valence-electron chi connectivity index (χ0n) is 18.5. The highest BCUT2D eigenvalue weighted by Crippen LogP contribution is 2.32. The van der Waals surface area contributed by atoms with Gasteiger partial charge in [0, 0.05) is 13.1 Å². The summed E-state index contributed by atoms with van der Waals surface area (Å²) in [7, 11) is -2.20. The molecule has 0 unspecified atom stereocenters. The lowest BCUT2D eigenvalue weighted by atomic mass is 9.90. The van der Waals surface area contributed by atoms with E-state index in [9.17, 15) is 13.2 Å². The number of ether oxygens (including phenoxy) is 1. The van der Waals surface area contributed by atoms with Gasteiger partial charge in [0.25, 0.3) is 0 Å². The predicted molar refractivity (Wildman–Crippen MR) is 126 cm³/mol. The molecule has 3 aromatic carbocycles. The standard InChI is InChI=1S/C25H28N2O4S/c1-4-27(5-2)32(29,30)21-16-17-23(31-3)22(18-21)26-25(28)24(19-12-8-6-9-13-19)20-14-10-7-11-15-20/h6-18,24H,4-5H2,1-3H3,(H,26,28). The molecule has 0 aliphatic rings. The minimum Gasteiger partial charge on any atom is -0.495 e. The molecular weight excluding hydrogens is 424 g/mol. The summed E-state index contributed by atoms with van der Waals surface area (Å²) in [6, 6.07) is 23.4. The van der Waals surface area contributed by atoms with E-state index in [0.717, 1.165) is 11.1 Å². The molecule has 0 atom stereocenters. The Bertz CT molecular complexity index is 1110. The third kappa shape index (κ3) is 5.00. The van der Waals surface area contributed by atoms with Crippen molar-refractivity contribution in [3.8, 4) is 5.75 Å². The topological polar surface area (TPSA) is 75.7 Å². The highest BCUT2D eigenvalue weighted by molar-refractivity contribution is 7.89. The molecule has 0 radical (unpaired) electrons. The lowest BCUT2D eigenvalue weighted by molar-refractivity contribution is -0.116. The SMILES string of the molecule is CCN(CC)S(=O)(=O)c1ccc(OC)c(NC(=O)C(c2ccccc2)c2ccccc2)c1. The Kier molecular flexibility index (Phi) is 7.66. The van der Waals surface area contributed by atoms with Crippen LogP contribution in [0.15, 0.2) is 83.8 Å². The van der Waals surface area contributed by atoms with Crippen molar-refractivity contribution in [3.05, 3.63) is 90.0 Å². The molecule has 0 spiro atoms. The molecule has 7 heteroatoms. The van der Waals surface area contributed by atoms with E-state index in [1.54, 1.807) is 19.9 Å². The summed E-state index contributed by atoms with van der Waals surface area (Å²) in [5.74, 6) is -0.458. The van der Waals surface area contributed by atoms with Crippen molar-refractivity contribution in [3.63, 3.8) is 0 Å². The summed E-state index contributed by atoms with van der Waals surface area (Å²) in [5, 5.41) is 2.90. The fraction of sp³-hybridized carbons (Fsp3) is 0.240. The Morgan fingerprint density at radius 2 is 1.44 bits per heavy atom. The fourth-order valence-corrected chi connectivity index (χ4v) is 5.13. The number of carbonyl (C=O) groups is 1. The van der Waals surface area contributed by atoms with Gasteiger partial charge >= 0.3 is 0 Å². The zero-order valence-corrected chi connectivity index (χ0v) is 19.3. The Balaban J connectivity index is 2.01. The largest absolute Gasteiger partial charge is 0.495 e. The van der Waals surface area contributed by atoms with E-state index in [1.165, 1.54) is 23.5 Å². The third-order valence-electron chi connectivity index (χ3n) is 5.30. The van der Waals surface area contributed by atoms with E-state index in [-0.39, 0.29) is 10.8 Å². The van der Waals surface area contributed by atoms with Crippen molar-refractivity contribution in [1.82, 2.24) is 4.31 Å². The summed E-state index contributed by atoms with van der Waals surface area (Å²) in [6.45, 7) is 4.29. The Hall–Kier alpha value is -3.16. The molecule has 0 aromatic heterocycles. The van der Waals surface area contributed by atoms with Crippen LogP contribution in [0.25, 0.3) is 0 Å². The van der Waals surface area contributed by atoms with E-state index in [0.29, 0.717) is 24.5 Å². The molecule has 0 heterocycles. The maximum absolute atomic E-state index is 13.5. The quantitative estimate of drug-likeness (QED) is 0.519. The number of sulfonamides is 1. The van der Waals surface area contributed by atoms with E-state index in [2.05, 4.69) is 5.32 Å². The van der Waals surface area contributed by atoms with Crippen LogP contribution in [0.3, 0.4) is 0 Å². The van der Waals surface area contributed by atoms with Gasteiger partial charge in [0.05, 0.1) is 23.6 Å². The van der Waals surface area contributed by atoms with Gasteiger partial charge in [-0.2, -0.15) is 4.31 Å². The molecule has 32 heavy (non-hydrogen) atoms. The first-order chi connectivity index (χ1) is 15.4. The van der Waals surface area contributed by atoms with Crippen molar-refractivity contribution >= 4 is 21.6 Å². The average molecular weight is 453 g/mol. The van der Waals surface area contributed by atoms with Crippen molar-refractivity contribution in [2.45, 2.75) is 24.7 Å². The molecule has 3 rings (SSSR count). The van der Waals surface area contributed by atoms with Crippen LogP contribution in [-0.2, 0) is 14.8 Å². The van der Waals surface area contributed by atoms with Crippen LogP contribution in [-0.4, -0.2) is 38.8 Å². The van der Waals surface area contributed by atoms with Crippen LogP contribution in [0.5, 0.6) is 5.75 Å². The molecule has 168 valence electrons. The third-order valence-corrected chi connectivity index (χ3v) is 7.35. The lowest BCUT2D eigenvalue weighted by Crippen LogP contribution is -2.30. The van der Waals surface area contributed by atoms with Crippen molar-refractivity contribution in [2.75, 3.05) is 25.5 Å². The number of carbonyl (C=O) groups excluding carboxylic acids is 1. The predicted octanol–water partition coefficient (Wildman–Crippen LogP) is 4.50. The van der Waals surface area contributed by atoms with Gasteiger partial charge in [-0.05, 0) is 29.3 Å². The molecular formula is C25H28N2O4S. The maximum atomic E-state index is 13.5. The van der Waals surface area contributed by atoms with Crippen LogP contribution >= 0.6 is 0 Å². The molecule has 0 aliphatic heterocycles. The summed E-state index contributed by atoms with van der Waals surface area (Å²) in [5.41, 5.74) is 1.98. The van der Waals surface area contributed by atoms with Gasteiger partial charge in [-0.3, -0.25) is 4.79 Å². The summed E-state index contributed by atoms with van der Waals surface area (Å²) in [6.07, 6.45) is 0. The van der Waals surface area contributed by atoms with Crippen molar-refractivity contribution < 1.29 is 17.9 Å². The number of nitrogens with one attached hydrogen (secondary N) is 1. The summed E-state index contributed by atoms with van der Waals surface area (Å²) < 4.78 is 32.7. The molecule has 0 bridgehead atoms. The minimum atomic E-state index is -3.68. The number of amides is 1. The Morgan fingerprint density at radius 1 is 0.906 bits per heavy atom. The average Bonchev–Trinajstić information content (AvgIpc) is 2.81. The smallest absolute Gasteiger partial charge is 0.243 e. The number of rotatable bonds is 9. The molecule has 0 fully saturated rings. The van der Waals surface area contributed by atoms with Gasteiger partial charge in [0.1, 0.15) is 5.75 Å². The van der Waals surface area contributed by atoms with Crippen LogP contribution < -0.4 is 10.1 Å². The second-order valence-corrected chi connectivity index (χ2v) is 9.13. The molecule has 3 aromatic rings. The van der Waals surface area contributed by atoms with Crippen LogP contribution in [0, 0.1) is 0 Å². The van der Waals surface area contributed by atoms with E-state index in [1.807, 2.05) is 60.7 Å². The number of methoxy groups -OCH3 is 1. The van der Waals surface area contributed by atoms with Crippen LogP contribution in [0.1, 0.15) is 30.9 Å².